The second-order valence-corrected chi connectivity index (χ2v) is 4.36. The minimum atomic E-state index is -4.56. The van der Waals surface area contributed by atoms with Crippen molar-refractivity contribution in [3.8, 4) is 0 Å². The molecule has 1 fully saturated rings. The molecule has 0 aromatic rings. The van der Waals surface area contributed by atoms with Crippen molar-refractivity contribution in [1.29, 1.82) is 0 Å². The van der Waals surface area contributed by atoms with Gasteiger partial charge in [-0.25, -0.2) is 0 Å². The van der Waals surface area contributed by atoms with Crippen LogP contribution in [0.1, 0.15) is 32.1 Å². The first-order valence-electron chi connectivity index (χ1n) is 5.32. The van der Waals surface area contributed by atoms with E-state index in [1.165, 1.54) is 0 Å². The minimum absolute atomic E-state index is 0.225. The van der Waals surface area contributed by atoms with E-state index >= 15 is 0 Å². The molecular formula is C10H14F3NO3. The second kappa shape index (κ2) is 4.93. The predicted molar refractivity (Wildman–Crippen MR) is 52.2 cm³/mol. The summed E-state index contributed by atoms with van der Waals surface area (Å²) >= 11 is 0. The monoisotopic (exact) mass is 253 g/mol. The fourth-order valence-corrected chi connectivity index (χ4v) is 2.03. The van der Waals surface area contributed by atoms with Crippen LogP contribution in [0, 0.1) is 5.41 Å². The number of amides is 1. The Labute approximate surface area is 96.2 Å². The first-order chi connectivity index (χ1) is 7.75. The number of hydrogen-bond donors (Lipinski definition) is 2. The molecule has 1 aliphatic carbocycles. The fraction of sp³-hybridized carbons (Fsp3) is 0.800. The summed E-state index contributed by atoms with van der Waals surface area (Å²) in [6, 6.07) is 0. The Bertz CT molecular complexity index is 308. The van der Waals surface area contributed by atoms with Crippen LogP contribution in [-0.2, 0) is 9.59 Å². The van der Waals surface area contributed by atoms with E-state index in [-0.39, 0.29) is 6.54 Å². The number of hydrogen-bond acceptors (Lipinski definition) is 2. The predicted octanol–water partition coefficient (Wildman–Crippen LogP) is 1.70. The second-order valence-electron chi connectivity index (χ2n) is 4.36. The number of nitrogens with one attached hydrogen (secondary N) is 1. The molecule has 0 aliphatic heterocycles. The summed E-state index contributed by atoms with van der Waals surface area (Å²) in [6.07, 6.45) is -3.88. The zero-order valence-electron chi connectivity index (χ0n) is 9.14. The largest absolute Gasteiger partial charge is 0.481 e. The molecule has 0 unspecified atom stereocenters. The van der Waals surface area contributed by atoms with Crippen LogP contribution in [0.3, 0.4) is 0 Å². The van der Waals surface area contributed by atoms with Crippen LogP contribution < -0.4 is 5.32 Å². The highest BCUT2D eigenvalue weighted by Gasteiger charge is 2.42. The summed E-state index contributed by atoms with van der Waals surface area (Å²) in [7, 11) is 0. The van der Waals surface area contributed by atoms with Crippen LogP contribution in [0.2, 0.25) is 0 Å². The Kier molecular flexibility index (Phi) is 4.00. The first kappa shape index (κ1) is 13.8. The molecule has 0 bridgehead atoms. The van der Waals surface area contributed by atoms with Gasteiger partial charge >= 0.3 is 12.1 Å². The summed E-state index contributed by atoms with van der Waals surface area (Å²) < 4.78 is 35.7. The highest BCUT2D eigenvalue weighted by molar-refractivity contribution is 5.79. The molecule has 0 heterocycles. The van der Waals surface area contributed by atoms with Gasteiger partial charge in [0.2, 0.25) is 5.91 Å². The van der Waals surface area contributed by atoms with Gasteiger partial charge in [0.15, 0.2) is 0 Å². The molecule has 0 spiro atoms. The van der Waals surface area contributed by atoms with E-state index < -0.39 is 29.9 Å². The van der Waals surface area contributed by atoms with Crippen molar-refractivity contribution in [2.24, 2.45) is 5.41 Å². The van der Waals surface area contributed by atoms with Gasteiger partial charge in [0.25, 0.3) is 0 Å². The van der Waals surface area contributed by atoms with E-state index in [4.69, 9.17) is 5.11 Å². The molecule has 0 saturated heterocycles. The molecule has 98 valence electrons. The van der Waals surface area contributed by atoms with E-state index in [0.717, 1.165) is 12.8 Å². The van der Waals surface area contributed by atoms with Crippen LogP contribution in [-0.4, -0.2) is 29.7 Å². The summed E-state index contributed by atoms with van der Waals surface area (Å²) in [5.41, 5.74) is -1.08. The molecule has 2 N–H and O–H groups in total. The first-order valence-corrected chi connectivity index (χ1v) is 5.32. The Morgan fingerprint density at radius 1 is 1.24 bits per heavy atom. The average molecular weight is 253 g/mol. The number of carbonyl (C=O) groups is 2. The number of carboxylic acids is 1. The molecule has 1 aliphatic rings. The number of aliphatic carboxylic acids is 1. The topological polar surface area (TPSA) is 66.4 Å². The molecule has 0 aromatic heterocycles. The van der Waals surface area contributed by atoms with Gasteiger partial charge in [0.05, 0.1) is 5.41 Å². The van der Waals surface area contributed by atoms with Crippen LogP contribution in [0.4, 0.5) is 13.2 Å². The molecule has 17 heavy (non-hydrogen) atoms. The molecule has 4 nitrogen and oxygen atoms in total. The van der Waals surface area contributed by atoms with Crippen LogP contribution in [0.15, 0.2) is 0 Å². The third kappa shape index (κ3) is 3.90. The zero-order valence-corrected chi connectivity index (χ0v) is 9.14. The van der Waals surface area contributed by atoms with Crippen LogP contribution in [0.5, 0.6) is 0 Å². The Morgan fingerprint density at radius 3 is 2.18 bits per heavy atom. The third-order valence-electron chi connectivity index (χ3n) is 3.00. The molecule has 1 saturated carbocycles. The maximum absolute atomic E-state index is 11.9. The van der Waals surface area contributed by atoms with Crippen LogP contribution >= 0.6 is 0 Å². The average Bonchev–Trinajstić information content (AvgIpc) is 2.61. The smallest absolute Gasteiger partial charge is 0.397 e. The minimum Gasteiger partial charge on any atom is -0.481 e. The van der Waals surface area contributed by atoms with Crippen molar-refractivity contribution >= 4 is 11.9 Å². The van der Waals surface area contributed by atoms with Crippen LogP contribution in [0.25, 0.3) is 0 Å². The number of carbonyl (C=O) groups excluding carboxylic acids is 1. The molecule has 0 atom stereocenters. The van der Waals surface area contributed by atoms with E-state index in [1.54, 1.807) is 0 Å². The summed E-state index contributed by atoms with van der Waals surface area (Å²) in [5.74, 6) is -2.23. The lowest BCUT2D eigenvalue weighted by Crippen LogP contribution is -2.42. The van der Waals surface area contributed by atoms with E-state index in [9.17, 15) is 22.8 Å². The molecule has 0 aromatic carbocycles. The van der Waals surface area contributed by atoms with Crippen molar-refractivity contribution in [3.05, 3.63) is 0 Å². The van der Waals surface area contributed by atoms with Gasteiger partial charge in [-0.3, -0.25) is 9.59 Å². The van der Waals surface area contributed by atoms with Gasteiger partial charge in [0, 0.05) is 6.54 Å². The molecule has 0 radical (unpaired) electrons. The third-order valence-corrected chi connectivity index (χ3v) is 3.00. The lowest BCUT2D eigenvalue weighted by molar-refractivity contribution is -0.154. The molecule has 7 heteroatoms. The van der Waals surface area contributed by atoms with E-state index in [2.05, 4.69) is 5.32 Å². The van der Waals surface area contributed by atoms with E-state index in [1.807, 2.05) is 0 Å². The summed E-state index contributed by atoms with van der Waals surface area (Å²) in [5, 5.41) is 11.1. The van der Waals surface area contributed by atoms with Crippen molar-refractivity contribution in [3.63, 3.8) is 0 Å². The number of alkyl halides is 3. The summed E-state index contributed by atoms with van der Waals surface area (Å²) in [6.45, 7) is -0.225. The van der Waals surface area contributed by atoms with Crippen molar-refractivity contribution in [2.75, 3.05) is 6.54 Å². The van der Waals surface area contributed by atoms with Gasteiger partial charge in [-0.1, -0.05) is 12.8 Å². The highest BCUT2D eigenvalue weighted by atomic mass is 19.4. The summed E-state index contributed by atoms with van der Waals surface area (Å²) in [4.78, 5) is 22.0. The number of carboxylic acid groups (broad SMARTS) is 1. The fourth-order valence-electron chi connectivity index (χ4n) is 2.03. The normalized spacial score (nSPS) is 19.0. The van der Waals surface area contributed by atoms with E-state index in [0.29, 0.717) is 12.8 Å². The van der Waals surface area contributed by atoms with Gasteiger partial charge in [-0.2, -0.15) is 13.2 Å². The number of rotatable bonds is 4. The maximum atomic E-state index is 11.9. The molecule has 1 amide bonds. The van der Waals surface area contributed by atoms with Crippen molar-refractivity contribution in [1.82, 2.24) is 5.32 Å². The molecular weight excluding hydrogens is 239 g/mol. The van der Waals surface area contributed by atoms with Crippen molar-refractivity contribution in [2.45, 2.75) is 38.3 Å². The Morgan fingerprint density at radius 2 is 1.76 bits per heavy atom. The van der Waals surface area contributed by atoms with Gasteiger partial charge < -0.3 is 10.4 Å². The zero-order chi connectivity index (χ0) is 13.1. The quantitative estimate of drug-likeness (QED) is 0.801. The maximum Gasteiger partial charge on any atom is 0.397 e. The highest BCUT2D eigenvalue weighted by Crippen LogP contribution is 2.37. The Balaban J connectivity index is 2.48. The number of halogens is 3. The lowest BCUT2D eigenvalue weighted by Gasteiger charge is -2.24. The standard InChI is InChI=1S/C10H14F3NO3/c11-10(12,13)5-7(15)14-6-9(8(16)17)3-1-2-4-9/h1-6H2,(H,14,15)(H,16,17). The molecule has 1 rings (SSSR count). The van der Waals surface area contributed by atoms with Gasteiger partial charge in [-0.15, -0.1) is 0 Å². The lowest BCUT2D eigenvalue weighted by atomic mass is 9.86. The SMILES string of the molecule is O=C(CC(F)(F)F)NCC1(C(=O)O)CCCC1. The Hall–Kier alpha value is -1.27. The van der Waals surface area contributed by atoms with Gasteiger partial charge in [0.1, 0.15) is 6.42 Å². The van der Waals surface area contributed by atoms with Gasteiger partial charge in [-0.05, 0) is 12.8 Å². The van der Waals surface area contributed by atoms with Crippen molar-refractivity contribution < 1.29 is 27.9 Å².